The largest absolute Gasteiger partial charge is 0.458 e. The van der Waals surface area contributed by atoms with Crippen molar-refractivity contribution in [3.05, 3.63) is 97.1 Å². The normalized spacial score (nSPS) is 18.8. The zero-order valence-electron chi connectivity index (χ0n) is 47.5. The fourth-order valence-electron chi connectivity index (χ4n) is 11.3. The zero-order chi connectivity index (χ0) is 58.6. The van der Waals surface area contributed by atoms with Crippen LogP contribution < -0.4 is 16.2 Å². The van der Waals surface area contributed by atoms with Crippen molar-refractivity contribution < 1.29 is 62.1 Å². The van der Waals surface area contributed by atoms with Gasteiger partial charge >= 0.3 is 12.1 Å². The van der Waals surface area contributed by atoms with Crippen LogP contribution in [0.3, 0.4) is 0 Å². The first kappa shape index (κ1) is 59.9. The minimum atomic E-state index is -2.04. The minimum absolute atomic E-state index is 0.0226. The number of hydrogen-bond donors (Lipinski definition) is 3. The van der Waals surface area contributed by atoms with Gasteiger partial charge in [0.2, 0.25) is 23.6 Å². The zero-order valence-corrected chi connectivity index (χ0v) is 47.5. The van der Waals surface area contributed by atoms with Crippen molar-refractivity contribution in [2.45, 2.75) is 143 Å². The fraction of sp³-hybridized carbons (Fsp3) is 0.533. The van der Waals surface area contributed by atoms with E-state index in [4.69, 9.17) is 19.2 Å². The molecule has 3 N–H and O–H groups in total. The number of nitrogens with zero attached hydrogens (tertiary/aromatic N) is 5. The summed E-state index contributed by atoms with van der Waals surface area (Å²) in [7, 11) is 3.69. The number of ether oxygens (including phenoxy) is 3. The summed E-state index contributed by atoms with van der Waals surface area (Å²) < 4.78 is 33.7. The van der Waals surface area contributed by atoms with Crippen LogP contribution in [0.1, 0.15) is 137 Å². The molecule has 5 heterocycles. The van der Waals surface area contributed by atoms with Gasteiger partial charge in [0.05, 0.1) is 41.1 Å². The second-order valence-electron chi connectivity index (χ2n) is 22.7. The maximum absolute atomic E-state index is 15.5. The molecule has 5 atom stereocenters. The summed E-state index contributed by atoms with van der Waals surface area (Å²) >= 11 is 0. The minimum Gasteiger partial charge on any atom is -0.458 e. The average Bonchev–Trinajstić information content (AvgIpc) is 4.08. The number of Topliss-reactive ketones (excluding diaryl/α,β-unsaturated/α-hetero) is 2. The molecule has 20 nitrogen and oxygen atoms in total. The summed E-state index contributed by atoms with van der Waals surface area (Å²) in [4.78, 5) is 127. The number of benzene rings is 2. The van der Waals surface area contributed by atoms with E-state index >= 15 is 4.39 Å². The van der Waals surface area contributed by atoms with Crippen molar-refractivity contribution in [1.82, 2.24) is 34.9 Å². The molecular formula is C60H74FN7O13. The molecule has 2 aromatic carbocycles. The number of ketones is 2. The van der Waals surface area contributed by atoms with Gasteiger partial charge in [-0.15, -0.1) is 0 Å². The van der Waals surface area contributed by atoms with E-state index in [1.54, 1.807) is 58.0 Å². The number of likely N-dealkylation sites (N-methyl/N-ethyl adjacent to an activating group) is 1. The molecule has 1 aliphatic carbocycles. The Balaban J connectivity index is 0.828. The van der Waals surface area contributed by atoms with E-state index in [0.717, 1.165) is 5.56 Å². The topological polar surface area (TPSA) is 253 Å². The lowest BCUT2D eigenvalue weighted by molar-refractivity contribution is -0.172. The quantitative estimate of drug-likeness (QED) is 0.0278. The van der Waals surface area contributed by atoms with Gasteiger partial charge in [0, 0.05) is 79.7 Å². The maximum Gasteiger partial charge on any atom is 0.411 e. The standard InChI is InChI=1S/C60H74FN7O13/c1-9-60(78)44-26-48-54-42(28-68(48)57(75)43(44)30-80-58(60)76)53-46(19-18-40-35(5)45(61)27-47(64-54)52(40)53)63-50(71)31-79-32-66(22-21-65(7)8)59(77)81-29-38-16-14-37(15-17-38)24-49(70)36(6)62-55(73)41(33(2)3)25-39(69)13-11-10-12-20-67-51(72)23-34(4)56(67)74/h14-17,26-27,33-34,36,41,46,78H,9-13,18-25,28-32H2,1-8H3,(H,62,73)(H,63,71)/t34?,36-,41-,46-,60-/m0/s1. The molecule has 2 aromatic heterocycles. The Morgan fingerprint density at radius 3 is 2.38 bits per heavy atom. The van der Waals surface area contributed by atoms with Crippen LogP contribution in [0, 0.1) is 30.5 Å². The van der Waals surface area contributed by atoms with E-state index in [1.807, 2.05) is 32.8 Å². The molecule has 21 heteroatoms. The molecule has 0 spiro atoms. The van der Waals surface area contributed by atoms with Crippen molar-refractivity contribution >= 4 is 58.2 Å². The molecule has 1 unspecified atom stereocenters. The number of unbranched alkanes of at least 4 members (excludes halogenated alkanes) is 2. The first-order valence-electron chi connectivity index (χ1n) is 28.0. The van der Waals surface area contributed by atoms with Gasteiger partial charge < -0.3 is 39.4 Å². The number of hydrogen-bond acceptors (Lipinski definition) is 15. The SMILES string of the molecule is CC[C@@]1(O)C(=O)OCc2c1cc1n(c2=O)Cc2c-1nc1cc(F)c(C)c3c1c2[C@@H](NC(=O)COCN(CCN(C)C)C(=O)OCc1ccc(CC(=O)[C@H](C)NC(=O)[C@@H](CC(=O)CCCCCN2C(=O)CC(C)C2=O)C(C)C)cc1)CC3. The number of pyridine rings is 2. The number of rotatable bonds is 25. The Bertz CT molecular complexity index is 3210. The highest BCUT2D eigenvalue weighted by Gasteiger charge is 2.46. The number of carbonyl (C=O) groups is 8. The number of nitrogens with one attached hydrogen (secondary N) is 2. The summed E-state index contributed by atoms with van der Waals surface area (Å²) in [6.07, 6.45) is 2.53. The second-order valence-corrected chi connectivity index (χ2v) is 22.7. The van der Waals surface area contributed by atoms with E-state index in [0.29, 0.717) is 95.3 Å². The number of cyclic esters (lactones) is 1. The predicted molar refractivity (Wildman–Crippen MR) is 294 cm³/mol. The van der Waals surface area contributed by atoms with E-state index < -0.39 is 59.6 Å². The average molecular weight is 1120 g/mol. The number of amides is 5. The van der Waals surface area contributed by atoms with Gasteiger partial charge in [-0.3, -0.25) is 43.4 Å². The number of likely N-dealkylation sites (tertiary alicyclic amines) is 1. The molecule has 0 saturated carbocycles. The van der Waals surface area contributed by atoms with E-state index in [2.05, 4.69) is 10.6 Å². The van der Waals surface area contributed by atoms with Crippen LogP contribution in [0.4, 0.5) is 9.18 Å². The molecule has 1 fully saturated rings. The molecule has 8 rings (SSSR count). The third kappa shape index (κ3) is 12.9. The Kier molecular flexibility index (Phi) is 18.7. The predicted octanol–water partition coefficient (Wildman–Crippen LogP) is 5.61. The van der Waals surface area contributed by atoms with Crippen LogP contribution >= 0.6 is 0 Å². The van der Waals surface area contributed by atoms with Gasteiger partial charge in [0.15, 0.2) is 11.4 Å². The summed E-state index contributed by atoms with van der Waals surface area (Å²) in [5, 5.41) is 18.0. The number of aromatic nitrogens is 2. The molecule has 0 radical (unpaired) electrons. The lowest BCUT2D eigenvalue weighted by Crippen LogP contribution is -2.44. The van der Waals surface area contributed by atoms with Gasteiger partial charge in [-0.1, -0.05) is 58.4 Å². The number of imide groups is 1. The molecule has 1 saturated heterocycles. The number of halogens is 1. The van der Waals surface area contributed by atoms with Crippen molar-refractivity contribution in [2.24, 2.45) is 17.8 Å². The van der Waals surface area contributed by atoms with Gasteiger partial charge in [-0.2, -0.15) is 0 Å². The summed E-state index contributed by atoms with van der Waals surface area (Å²) in [6.45, 7) is 10.4. The molecule has 434 valence electrons. The van der Waals surface area contributed by atoms with E-state index in [9.17, 15) is 48.3 Å². The summed E-state index contributed by atoms with van der Waals surface area (Å²) in [5.74, 6) is -3.83. The lowest BCUT2D eigenvalue weighted by Gasteiger charge is -2.31. The Morgan fingerprint density at radius 2 is 1.70 bits per heavy atom. The number of aliphatic hydroxyl groups is 1. The van der Waals surface area contributed by atoms with Crippen LogP contribution in [-0.4, -0.2) is 130 Å². The number of carbonyl (C=O) groups excluding carboxylic acids is 8. The van der Waals surface area contributed by atoms with Gasteiger partial charge in [0.1, 0.15) is 38.2 Å². The maximum atomic E-state index is 15.5. The molecule has 4 aromatic rings. The highest BCUT2D eigenvalue weighted by molar-refractivity contribution is 6.03. The number of esters is 1. The molecule has 0 bridgehead atoms. The first-order chi connectivity index (χ1) is 38.5. The van der Waals surface area contributed by atoms with E-state index in [1.165, 1.54) is 20.4 Å². The van der Waals surface area contributed by atoms with E-state index in [-0.39, 0.29) is 117 Å². The van der Waals surface area contributed by atoms with Crippen LogP contribution in [0.5, 0.6) is 0 Å². The Morgan fingerprint density at radius 1 is 0.975 bits per heavy atom. The Labute approximate surface area is 470 Å². The molecule has 3 aliphatic heterocycles. The highest BCUT2D eigenvalue weighted by Crippen LogP contribution is 2.46. The monoisotopic (exact) mass is 1120 g/mol. The van der Waals surface area contributed by atoms with Crippen molar-refractivity contribution in [1.29, 1.82) is 0 Å². The number of fused-ring (bicyclic) bond motifs is 5. The van der Waals surface area contributed by atoms with Crippen LogP contribution in [0.2, 0.25) is 0 Å². The van der Waals surface area contributed by atoms with Crippen LogP contribution in [0.15, 0.2) is 41.2 Å². The van der Waals surface area contributed by atoms with Crippen molar-refractivity contribution in [2.75, 3.05) is 47.1 Å². The second kappa shape index (κ2) is 25.3. The lowest BCUT2D eigenvalue weighted by atomic mass is 9.81. The molecule has 81 heavy (non-hydrogen) atoms. The molecule has 5 amide bonds. The molecular weight excluding hydrogens is 1050 g/mol. The fourth-order valence-corrected chi connectivity index (χ4v) is 11.3. The third-order valence-corrected chi connectivity index (χ3v) is 16.3. The smallest absolute Gasteiger partial charge is 0.411 e. The van der Waals surface area contributed by atoms with Gasteiger partial charge in [0.25, 0.3) is 5.56 Å². The molecule has 4 aliphatic rings. The third-order valence-electron chi connectivity index (χ3n) is 16.3. The van der Waals surface area contributed by atoms with Crippen LogP contribution in [0.25, 0.3) is 22.3 Å². The first-order valence-corrected chi connectivity index (χ1v) is 28.0. The van der Waals surface area contributed by atoms with Crippen LogP contribution in [-0.2, 0) is 86.0 Å². The number of aryl methyl sites for hydroxylation is 1. The highest BCUT2D eigenvalue weighted by atomic mass is 19.1. The Hall–Kier alpha value is -7.23. The van der Waals surface area contributed by atoms with Crippen molar-refractivity contribution in [3.63, 3.8) is 0 Å². The van der Waals surface area contributed by atoms with Gasteiger partial charge in [-0.25, -0.2) is 19.0 Å². The summed E-state index contributed by atoms with van der Waals surface area (Å²) in [5.41, 5.74) is 2.76. The van der Waals surface area contributed by atoms with Gasteiger partial charge in [-0.05, 0) is 99.8 Å². The van der Waals surface area contributed by atoms with Crippen molar-refractivity contribution in [3.8, 4) is 11.4 Å². The summed E-state index contributed by atoms with van der Waals surface area (Å²) in [6, 6.07) is 8.46.